The summed E-state index contributed by atoms with van der Waals surface area (Å²) < 4.78 is 0.468. The SMILES string of the molecule is O=C(Nc1cc(C(=O)O)ccc1Br)C(=O)N1CC[C@H](O)C1. The molecule has 1 saturated heterocycles. The molecule has 2 amide bonds. The summed E-state index contributed by atoms with van der Waals surface area (Å²) in [6.45, 7) is 0.451. The topological polar surface area (TPSA) is 107 Å². The molecule has 21 heavy (non-hydrogen) atoms. The van der Waals surface area contributed by atoms with Gasteiger partial charge in [0, 0.05) is 17.6 Å². The van der Waals surface area contributed by atoms with E-state index in [4.69, 9.17) is 5.11 Å². The average molecular weight is 357 g/mol. The molecule has 1 fully saturated rings. The Labute approximate surface area is 128 Å². The number of carboxylic acids is 1. The summed E-state index contributed by atoms with van der Waals surface area (Å²) >= 11 is 3.18. The molecule has 0 bridgehead atoms. The lowest BCUT2D eigenvalue weighted by molar-refractivity contribution is -0.142. The van der Waals surface area contributed by atoms with Crippen LogP contribution in [-0.4, -0.2) is 52.1 Å². The number of carboxylic acid groups (broad SMARTS) is 1. The van der Waals surface area contributed by atoms with E-state index in [1.165, 1.54) is 23.1 Å². The van der Waals surface area contributed by atoms with Crippen molar-refractivity contribution >= 4 is 39.4 Å². The minimum absolute atomic E-state index is 0.00227. The van der Waals surface area contributed by atoms with Gasteiger partial charge in [-0.05, 0) is 40.5 Å². The maximum absolute atomic E-state index is 11.9. The van der Waals surface area contributed by atoms with Crippen molar-refractivity contribution in [1.29, 1.82) is 0 Å². The second-order valence-electron chi connectivity index (χ2n) is 4.65. The van der Waals surface area contributed by atoms with Crippen molar-refractivity contribution in [2.75, 3.05) is 18.4 Å². The number of rotatable bonds is 2. The second kappa shape index (κ2) is 6.23. The van der Waals surface area contributed by atoms with Gasteiger partial charge in [0.25, 0.3) is 0 Å². The zero-order chi connectivity index (χ0) is 15.6. The molecule has 8 heteroatoms. The Morgan fingerprint density at radius 3 is 2.62 bits per heavy atom. The van der Waals surface area contributed by atoms with E-state index >= 15 is 0 Å². The van der Waals surface area contributed by atoms with E-state index in [9.17, 15) is 19.5 Å². The van der Waals surface area contributed by atoms with Crippen LogP contribution in [0.25, 0.3) is 0 Å². The van der Waals surface area contributed by atoms with E-state index in [0.29, 0.717) is 17.4 Å². The molecule has 1 aromatic carbocycles. The molecular formula is C13H13BrN2O5. The number of carbonyl (C=O) groups is 3. The number of aliphatic hydroxyl groups excluding tert-OH is 1. The Kier molecular flexibility index (Phi) is 4.59. The summed E-state index contributed by atoms with van der Waals surface area (Å²) in [5.74, 6) is -2.75. The van der Waals surface area contributed by atoms with E-state index in [-0.39, 0.29) is 17.8 Å². The molecule has 0 aliphatic carbocycles. The number of benzene rings is 1. The number of aromatic carboxylic acids is 1. The van der Waals surface area contributed by atoms with Gasteiger partial charge in [-0.3, -0.25) is 9.59 Å². The summed E-state index contributed by atoms with van der Waals surface area (Å²) in [5.41, 5.74) is 0.200. The zero-order valence-corrected chi connectivity index (χ0v) is 12.5. The van der Waals surface area contributed by atoms with Crippen molar-refractivity contribution < 1.29 is 24.6 Å². The fourth-order valence-corrected chi connectivity index (χ4v) is 2.35. The van der Waals surface area contributed by atoms with Gasteiger partial charge in [-0.2, -0.15) is 0 Å². The fourth-order valence-electron chi connectivity index (χ4n) is 2.00. The van der Waals surface area contributed by atoms with Crippen LogP contribution < -0.4 is 5.32 Å². The molecule has 1 aromatic rings. The van der Waals surface area contributed by atoms with Crippen LogP contribution in [0.2, 0.25) is 0 Å². The Morgan fingerprint density at radius 1 is 1.33 bits per heavy atom. The molecule has 2 rings (SSSR count). The van der Waals surface area contributed by atoms with Gasteiger partial charge < -0.3 is 20.4 Å². The van der Waals surface area contributed by atoms with Crippen molar-refractivity contribution in [2.24, 2.45) is 0 Å². The zero-order valence-electron chi connectivity index (χ0n) is 10.9. The van der Waals surface area contributed by atoms with E-state index in [2.05, 4.69) is 21.2 Å². The Morgan fingerprint density at radius 2 is 2.05 bits per heavy atom. The molecule has 112 valence electrons. The first-order chi connectivity index (χ1) is 9.88. The number of β-amino-alcohol motifs (C(OH)–C–C–N with tert-alkyl or cyclic N) is 1. The van der Waals surface area contributed by atoms with Crippen LogP contribution in [0, 0.1) is 0 Å². The molecule has 7 nitrogen and oxygen atoms in total. The first kappa shape index (κ1) is 15.5. The molecule has 1 atom stereocenters. The lowest BCUT2D eigenvalue weighted by Gasteiger charge is -2.15. The van der Waals surface area contributed by atoms with Gasteiger partial charge in [-0.15, -0.1) is 0 Å². The molecule has 0 saturated carbocycles. The lowest BCUT2D eigenvalue weighted by Crippen LogP contribution is -2.38. The number of nitrogens with one attached hydrogen (secondary N) is 1. The van der Waals surface area contributed by atoms with Crippen LogP contribution >= 0.6 is 15.9 Å². The smallest absolute Gasteiger partial charge is 0.335 e. The first-order valence-electron chi connectivity index (χ1n) is 6.19. The van der Waals surface area contributed by atoms with E-state index in [1.54, 1.807) is 0 Å². The molecular weight excluding hydrogens is 344 g/mol. The normalized spacial score (nSPS) is 17.6. The molecule has 0 unspecified atom stereocenters. The van der Waals surface area contributed by atoms with Crippen LogP contribution in [0.5, 0.6) is 0 Å². The Balaban J connectivity index is 2.10. The molecule has 3 N–H and O–H groups in total. The molecule has 1 aliphatic rings. The number of nitrogens with zero attached hydrogens (tertiary/aromatic N) is 1. The van der Waals surface area contributed by atoms with Gasteiger partial charge in [-0.1, -0.05) is 0 Å². The highest BCUT2D eigenvalue weighted by Gasteiger charge is 2.29. The van der Waals surface area contributed by atoms with Crippen molar-refractivity contribution in [3.63, 3.8) is 0 Å². The molecule has 0 aromatic heterocycles. The maximum Gasteiger partial charge on any atom is 0.335 e. The average Bonchev–Trinajstić information content (AvgIpc) is 2.86. The Bertz CT molecular complexity index is 604. The van der Waals surface area contributed by atoms with E-state index < -0.39 is 23.9 Å². The van der Waals surface area contributed by atoms with Crippen molar-refractivity contribution in [1.82, 2.24) is 4.90 Å². The summed E-state index contributed by atoms with van der Waals surface area (Å²) in [6.07, 6.45) is -0.166. The van der Waals surface area contributed by atoms with Gasteiger partial charge in [0.1, 0.15) is 0 Å². The highest BCUT2D eigenvalue weighted by molar-refractivity contribution is 9.10. The third kappa shape index (κ3) is 3.59. The molecule has 0 spiro atoms. The van der Waals surface area contributed by atoms with Gasteiger partial charge in [0.15, 0.2) is 0 Å². The van der Waals surface area contributed by atoms with Gasteiger partial charge in [-0.25, -0.2) is 4.79 Å². The standard InChI is InChI=1S/C13H13BrN2O5/c14-9-2-1-7(13(20)21)5-10(9)15-11(18)12(19)16-4-3-8(17)6-16/h1-2,5,8,17H,3-4,6H2,(H,15,18)(H,20,21)/t8-/m0/s1. The van der Waals surface area contributed by atoms with Crippen LogP contribution in [0.3, 0.4) is 0 Å². The summed E-state index contributed by atoms with van der Waals surface area (Å²) in [7, 11) is 0. The third-order valence-electron chi connectivity index (χ3n) is 3.11. The predicted octanol–water partition coefficient (Wildman–Crippen LogP) is 0.679. The summed E-state index contributed by atoms with van der Waals surface area (Å²) in [6, 6.07) is 4.11. The summed E-state index contributed by atoms with van der Waals surface area (Å²) in [5, 5.41) is 20.7. The highest BCUT2D eigenvalue weighted by atomic mass is 79.9. The number of hydrogen-bond acceptors (Lipinski definition) is 4. The van der Waals surface area contributed by atoms with Crippen LogP contribution in [-0.2, 0) is 9.59 Å². The van der Waals surface area contributed by atoms with Gasteiger partial charge in [0.2, 0.25) is 0 Å². The minimum atomic E-state index is -1.13. The highest BCUT2D eigenvalue weighted by Crippen LogP contribution is 2.24. The lowest BCUT2D eigenvalue weighted by atomic mass is 10.2. The Hall–Kier alpha value is -1.93. The number of anilines is 1. The summed E-state index contributed by atoms with van der Waals surface area (Å²) in [4.78, 5) is 35.9. The number of carbonyl (C=O) groups excluding carboxylic acids is 2. The van der Waals surface area contributed by atoms with E-state index in [1.807, 2.05) is 0 Å². The quantitative estimate of drug-likeness (QED) is 0.675. The first-order valence-corrected chi connectivity index (χ1v) is 6.99. The number of aliphatic hydroxyl groups is 1. The predicted molar refractivity (Wildman–Crippen MR) is 76.9 cm³/mol. The molecule has 0 radical (unpaired) electrons. The van der Waals surface area contributed by atoms with E-state index in [0.717, 1.165) is 0 Å². The van der Waals surface area contributed by atoms with Crippen molar-refractivity contribution in [3.05, 3.63) is 28.2 Å². The van der Waals surface area contributed by atoms with Crippen LogP contribution in [0.4, 0.5) is 5.69 Å². The maximum atomic E-state index is 11.9. The largest absolute Gasteiger partial charge is 0.478 e. The van der Waals surface area contributed by atoms with Crippen molar-refractivity contribution in [3.8, 4) is 0 Å². The second-order valence-corrected chi connectivity index (χ2v) is 5.50. The number of likely N-dealkylation sites (tertiary alicyclic amines) is 1. The molecule has 1 heterocycles. The molecule has 1 aliphatic heterocycles. The van der Waals surface area contributed by atoms with Gasteiger partial charge >= 0.3 is 17.8 Å². The minimum Gasteiger partial charge on any atom is -0.478 e. The van der Waals surface area contributed by atoms with Crippen LogP contribution in [0.15, 0.2) is 22.7 Å². The van der Waals surface area contributed by atoms with Gasteiger partial charge in [0.05, 0.1) is 17.4 Å². The number of amides is 2. The number of halogens is 1. The van der Waals surface area contributed by atoms with Crippen molar-refractivity contribution in [2.45, 2.75) is 12.5 Å². The number of hydrogen-bond donors (Lipinski definition) is 3. The fraction of sp³-hybridized carbons (Fsp3) is 0.308. The van der Waals surface area contributed by atoms with Crippen LogP contribution in [0.1, 0.15) is 16.8 Å². The monoisotopic (exact) mass is 356 g/mol. The third-order valence-corrected chi connectivity index (χ3v) is 3.80.